The van der Waals surface area contributed by atoms with Gasteiger partial charge in [0.2, 0.25) is 0 Å². The SMILES string of the molecule is C=CCOc1ccc(C(F)(F)F)cc1C(=O)NCCC1CCNC1. The van der Waals surface area contributed by atoms with E-state index >= 15 is 0 Å². The molecule has 0 radical (unpaired) electrons. The molecule has 1 saturated heterocycles. The summed E-state index contributed by atoms with van der Waals surface area (Å²) in [4.78, 5) is 12.3. The van der Waals surface area contributed by atoms with E-state index in [9.17, 15) is 18.0 Å². The second kappa shape index (κ2) is 8.19. The van der Waals surface area contributed by atoms with Crippen LogP contribution in [0.3, 0.4) is 0 Å². The predicted molar refractivity (Wildman–Crippen MR) is 85.1 cm³/mol. The molecule has 1 aromatic rings. The summed E-state index contributed by atoms with van der Waals surface area (Å²) in [5, 5.41) is 5.91. The average Bonchev–Trinajstić information content (AvgIpc) is 3.05. The van der Waals surface area contributed by atoms with Crippen molar-refractivity contribution in [1.82, 2.24) is 10.6 Å². The minimum atomic E-state index is -4.51. The van der Waals surface area contributed by atoms with Crippen molar-refractivity contribution >= 4 is 5.91 Å². The predicted octanol–water partition coefficient (Wildman–Crippen LogP) is 3.00. The lowest BCUT2D eigenvalue weighted by atomic mass is 10.0. The fourth-order valence-corrected chi connectivity index (χ4v) is 2.60. The van der Waals surface area contributed by atoms with Gasteiger partial charge in [0, 0.05) is 6.54 Å². The van der Waals surface area contributed by atoms with Crippen LogP contribution in [0, 0.1) is 5.92 Å². The molecule has 0 aliphatic carbocycles. The molecule has 1 fully saturated rings. The van der Waals surface area contributed by atoms with Crippen molar-refractivity contribution in [3.63, 3.8) is 0 Å². The Labute approximate surface area is 139 Å². The standard InChI is InChI=1S/C17H21F3N2O2/c1-2-9-24-15-4-3-13(17(18,19)20)10-14(15)16(23)22-8-6-12-5-7-21-11-12/h2-4,10,12,21H,1,5-9,11H2,(H,22,23). The highest BCUT2D eigenvalue weighted by Crippen LogP contribution is 2.32. The fourth-order valence-electron chi connectivity index (χ4n) is 2.60. The van der Waals surface area contributed by atoms with E-state index in [2.05, 4.69) is 17.2 Å². The van der Waals surface area contributed by atoms with Crippen molar-refractivity contribution in [3.8, 4) is 5.75 Å². The zero-order valence-electron chi connectivity index (χ0n) is 13.3. The molecule has 2 rings (SSSR count). The number of rotatable bonds is 7. The van der Waals surface area contributed by atoms with Crippen LogP contribution in [-0.2, 0) is 6.18 Å². The van der Waals surface area contributed by atoms with Gasteiger partial charge in [0.25, 0.3) is 5.91 Å². The quantitative estimate of drug-likeness (QED) is 0.749. The number of hydrogen-bond acceptors (Lipinski definition) is 3. The number of nitrogens with one attached hydrogen (secondary N) is 2. The third-order valence-electron chi connectivity index (χ3n) is 3.91. The molecule has 2 N–H and O–H groups in total. The number of alkyl halides is 3. The van der Waals surface area contributed by atoms with Crippen molar-refractivity contribution in [3.05, 3.63) is 42.0 Å². The highest BCUT2D eigenvalue weighted by Gasteiger charge is 2.32. The molecule has 0 bridgehead atoms. The van der Waals surface area contributed by atoms with Crippen LogP contribution >= 0.6 is 0 Å². The van der Waals surface area contributed by atoms with Gasteiger partial charge >= 0.3 is 6.18 Å². The Morgan fingerprint density at radius 3 is 2.88 bits per heavy atom. The summed E-state index contributed by atoms with van der Waals surface area (Å²) in [6.45, 7) is 5.89. The van der Waals surface area contributed by atoms with E-state index in [1.54, 1.807) is 0 Å². The molecule has 0 saturated carbocycles. The Hall–Kier alpha value is -2.02. The van der Waals surface area contributed by atoms with Gasteiger partial charge in [0.1, 0.15) is 12.4 Å². The summed E-state index contributed by atoms with van der Waals surface area (Å²) >= 11 is 0. The monoisotopic (exact) mass is 342 g/mol. The van der Waals surface area contributed by atoms with E-state index in [4.69, 9.17) is 4.74 Å². The fraction of sp³-hybridized carbons (Fsp3) is 0.471. The Balaban J connectivity index is 2.07. The third kappa shape index (κ3) is 4.99. The average molecular weight is 342 g/mol. The number of ether oxygens (including phenoxy) is 1. The maximum absolute atomic E-state index is 12.9. The molecule has 1 heterocycles. The molecule has 1 amide bonds. The molecule has 7 heteroatoms. The molecule has 132 valence electrons. The highest BCUT2D eigenvalue weighted by atomic mass is 19.4. The normalized spacial score (nSPS) is 17.5. The maximum atomic E-state index is 12.9. The molecule has 24 heavy (non-hydrogen) atoms. The van der Waals surface area contributed by atoms with Crippen LogP contribution in [0.5, 0.6) is 5.75 Å². The molecule has 1 unspecified atom stereocenters. The lowest BCUT2D eigenvalue weighted by molar-refractivity contribution is -0.137. The Bertz CT molecular complexity index is 582. The first-order valence-electron chi connectivity index (χ1n) is 7.85. The number of hydrogen-bond donors (Lipinski definition) is 2. The van der Waals surface area contributed by atoms with Crippen molar-refractivity contribution in [1.29, 1.82) is 0 Å². The van der Waals surface area contributed by atoms with Crippen LogP contribution < -0.4 is 15.4 Å². The number of halogens is 3. The van der Waals surface area contributed by atoms with E-state index in [1.165, 1.54) is 12.1 Å². The number of amides is 1. The lowest BCUT2D eigenvalue weighted by Crippen LogP contribution is -2.27. The first kappa shape index (κ1) is 18.3. The molecule has 1 aromatic carbocycles. The third-order valence-corrected chi connectivity index (χ3v) is 3.91. The van der Waals surface area contributed by atoms with E-state index in [0.717, 1.165) is 38.1 Å². The van der Waals surface area contributed by atoms with Gasteiger partial charge in [0.05, 0.1) is 11.1 Å². The number of carbonyl (C=O) groups excluding carboxylic acids is 1. The van der Waals surface area contributed by atoms with Crippen LogP contribution in [0.4, 0.5) is 13.2 Å². The number of carbonyl (C=O) groups is 1. The summed E-state index contributed by atoms with van der Waals surface area (Å²) in [6.07, 6.45) is -1.21. The van der Waals surface area contributed by atoms with Gasteiger partial charge in [-0.1, -0.05) is 12.7 Å². The van der Waals surface area contributed by atoms with Gasteiger partial charge < -0.3 is 15.4 Å². The molecule has 1 aliphatic rings. The van der Waals surface area contributed by atoms with Crippen LogP contribution in [0.2, 0.25) is 0 Å². The minimum Gasteiger partial charge on any atom is -0.489 e. The van der Waals surface area contributed by atoms with Crippen molar-refractivity contribution in [2.45, 2.75) is 19.0 Å². The molecule has 0 spiro atoms. The Morgan fingerprint density at radius 2 is 2.25 bits per heavy atom. The summed E-state index contributed by atoms with van der Waals surface area (Å²) in [6, 6.07) is 2.90. The summed E-state index contributed by atoms with van der Waals surface area (Å²) < 4.78 is 43.9. The largest absolute Gasteiger partial charge is 0.489 e. The Morgan fingerprint density at radius 1 is 1.46 bits per heavy atom. The van der Waals surface area contributed by atoms with Crippen molar-refractivity contribution in [2.24, 2.45) is 5.92 Å². The van der Waals surface area contributed by atoms with Crippen LogP contribution in [0.1, 0.15) is 28.8 Å². The first-order valence-corrected chi connectivity index (χ1v) is 7.85. The summed E-state index contributed by atoms with van der Waals surface area (Å²) in [5.41, 5.74) is -0.991. The van der Waals surface area contributed by atoms with Gasteiger partial charge in [-0.15, -0.1) is 0 Å². The minimum absolute atomic E-state index is 0.111. The molecule has 4 nitrogen and oxygen atoms in total. The van der Waals surface area contributed by atoms with E-state index in [0.29, 0.717) is 12.5 Å². The van der Waals surface area contributed by atoms with Gasteiger partial charge in [0.15, 0.2) is 0 Å². The first-order chi connectivity index (χ1) is 11.4. The Kier molecular flexibility index (Phi) is 6.25. The highest BCUT2D eigenvalue weighted by molar-refractivity contribution is 5.97. The smallest absolute Gasteiger partial charge is 0.416 e. The molecular formula is C17H21F3N2O2. The van der Waals surface area contributed by atoms with Crippen LogP contribution in [-0.4, -0.2) is 32.1 Å². The van der Waals surface area contributed by atoms with Gasteiger partial charge in [-0.2, -0.15) is 13.2 Å². The topological polar surface area (TPSA) is 50.4 Å². The summed E-state index contributed by atoms with van der Waals surface area (Å²) in [7, 11) is 0. The van der Waals surface area contributed by atoms with Gasteiger partial charge in [-0.3, -0.25) is 4.79 Å². The van der Waals surface area contributed by atoms with E-state index in [-0.39, 0.29) is 17.9 Å². The molecule has 0 aromatic heterocycles. The lowest BCUT2D eigenvalue weighted by Gasteiger charge is -2.14. The molecular weight excluding hydrogens is 321 g/mol. The van der Waals surface area contributed by atoms with Crippen molar-refractivity contribution < 1.29 is 22.7 Å². The maximum Gasteiger partial charge on any atom is 0.416 e. The second-order valence-electron chi connectivity index (χ2n) is 5.71. The van der Waals surface area contributed by atoms with E-state index < -0.39 is 17.6 Å². The molecule has 1 atom stereocenters. The van der Waals surface area contributed by atoms with Crippen molar-refractivity contribution in [2.75, 3.05) is 26.2 Å². The zero-order valence-corrected chi connectivity index (χ0v) is 13.3. The van der Waals surface area contributed by atoms with Crippen LogP contribution in [0.15, 0.2) is 30.9 Å². The summed E-state index contributed by atoms with van der Waals surface area (Å²) in [5.74, 6) is 0.0392. The second-order valence-corrected chi connectivity index (χ2v) is 5.71. The zero-order chi connectivity index (χ0) is 17.6. The van der Waals surface area contributed by atoms with Crippen LogP contribution in [0.25, 0.3) is 0 Å². The van der Waals surface area contributed by atoms with E-state index in [1.807, 2.05) is 0 Å². The molecule has 1 aliphatic heterocycles. The number of benzene rings is 1. The van der Waals surface area contributed by atoms with Gasteiger partial charge in [-0.25, -0.2) is 0 Å². The van der Waals surface area contributed by atoms with Gasteiger partial charge in [-0.05, 0) is 50.0 Å².